The Balaban J connectivity index is 1.65. The van der Waals surface area contributed by atoms with Crippen molar-refractivity contribution in [2.75, 3.05) is 0 Å². The summed E-state index contributed by atoms with van der Waals surface area (Å²) in [6, 6.07) is 10.9. The summed E-state index contributed by atoms with van der Waals surface area (Å²) in [5.74, 6) is 0.0509. The van der Waals surface area contributed by atoms with Gasteiger partial charge in [0.2, 0.25) is 0 Å². The lowest BCUT2D eigenvalue weighted by atomic mass is 10.1. The molecule has 1 amide bonds. The molecule has 0 spiro atoms. The van der Waals surface area contributed by atoms with E-state index in [1.807, 2.05) is 17.7 Å². The molecule has 5 heteroatoms. The zero-order valence-electron chi connectivity index (χ0n) is 13.3. The van der Waals surface area contributed by atoms with Crippen LogP contribution in [0.1, 0.15) is 39.3 Å². The number of benzene rings is 1. The van der Waals surface area contributed by atoms with Crippen molar-refractivity contribution in [1.29, 1.82) is 0 Å². The number of hydrogen-bond acceptors (Lipinski definition) is 3. The van der Waals surface area contributed by atoms with E-state index in [9.17, 15) is 4.79 Å². The number of nitrogens with one attached hydrogen (secondary N) is 1. The normalized spacial score (nSPS) is 14.3. The first-order valence-electron chi connectivity index (χ1n) is 7.93. The third-order valence-corrected chi connectivity index (χ3v) is 5.34. The number of nitrogens with zero attached hydrogens (tertiary/aromatic N) is 2. The molecule has 23 heavy (non-hydrogen) atoms. The molecule has 4 rings (SSSR count). The fraction of sp³-hybridized carbons (Fsp3) is 0.333. The minimum absolute atomic E-state index is 0.0509. The molecule has 2 heterocycles. The van der Waals surface area contributed by atoms with Gasteiger partial charge in [-0.2, -0.15) is 5.10 Å². The number of carbonyl (C=O) groups is 1. The molecule has 0 atom stereocenters. The second-order valence-electron chi connectivity index (χ2n) is 6.31. The van der Waals surface area contributed by atoms with E-state index in [0.29, 0.717) is 6.04 Å². The Morgan fingerprint density at radius 3 is 2.74 bits per heavy atom. The SMILES string of the molecule is Cc1ccc(Cn2nc(C)c3cc(C(=O)NC4CC4)sc32)cc1. The Labute approximate surface area is 139 Å². The lowest BCUT2D eigenvalue weighted by Gasteiger charge is -2.03. The molecule has 1 saturated carbocycles. The lowest BCUT2D eigenvalue weighted by Crippen LogP contribution is -2.24. The summed E-state index contributed by atoms with van der Waals surface area (Å²) >= 11 is 1.53. The van der Waals surface area contributed by atoms with Crippen LogP contribution in [0.4, 0.5) is 0 Å². The van der Waals surface area contributed by atoms with Gasteiger partial charge in [0.25, 0.3) is 5.91 Å². The number of aromatic nitrogens is 2. The van der Waals surface area contributed by atoms with Gasteiger partial charge < -0.3 is 5.32 Å². The van der Waals surface area contributed by atoms with Gasteiger partial charge in [-0.15, -0.1) is 11.3 Å². The molecule has 2 aromatic heterocycles. The Hall–Kier alpha value is -2.14. The standard InChI is InChI=1S/C18H19N3OS/c1-11-3-5-13(6-4-11)10-21-18-15(12(2)20-21)9-16(23-18)17(22)19-14-7-8-14/h3-6,9,14H,7-8,10H2,1-2H3,(H,19,22). The second kappa shape index (κ2) is 5.49. The molecule has 1 aliphatic rings. The number of rotatable bonds is 4. The predicted molar refractivity (Wildman–Crippen MR) is 93.1 cm³/mol. The Morgan fingerprint density at radius 2 is 2.04 bits per heavy atom. The summed E-state index contributed by atoms with van der Waals surface area (Å²) < 4.78 is 2.01. The van der Waals surface area contributed by atoms with E-state index in [1.54, 1.807) is 0 Å². The fourth-order valence-electron chi connectivity index (χ4n) is 2.68. The number of aryl methyl sites for hydroxylation is 2. The van der Waals surface area contributed by atoms with Crippen molar-refractivity contribution < 1.29 is 4.79 Å². The molecule has 0 radical (unpaired) electrons. The first-order valence-corrected chi connectivity index (χ1v) is 8.75. The topological polar surface area (TPSA) is 46.9 Å². The molecular formula is C18H19N3OS. The largest absolute Gasteiger partial charge is 0.349 e. The van der Waals surface area contributed by atoms with Crippen LogP contribution < -0.4 is 5.32 Å². The monoisotopic (exact) mass is 325 g/mol. The highest BCUT2D eigenvalue weighted by Gasteiger charge is 2.25. The molecule has 1 aliphatic carbocycles. The molecular weight excluding hydrogens is 306 g/mol. The van der Waals surface area contributed by atoms with Crippen LogP contribution in [0.2, 0.25) is 0 Å². The predicted octanol–water partition coefficient (Wildman–Crippen LogP) is 3.66. The smallest absolute Gasteiger partial charge is 0.261 e. The lowest BCUT2D eigenvalue weighted by molar-refractivity contribution is 0.0955. The van der Waals surface area contributed by atoms with E-state index in [1.165, 1.54) is 22.5 Å². The summed E-state index contributed by atoms with van der Waals surface area (Å²) in [4.78, 5) is 14.1. The van der Waals surface area contributed by atoms with E-state index >= 15 is 0 Å². The van der Waals surface area contributed by atoms with Crippen LogP contribution in [0.25, 0.3) is 10.2 Å². The van der Waals surface area contributed by atoms with Crippen molar-refractivity contribution >= 4 is 27.5 Å². The molecule has 0 aliphatic heterocycles. The van der Waals surface area contributed by atoms with Crippen molar-refractivity contribution in [2.24, 2.45) is 0 Å². The second-order valence-corrected chi connectivity index (χ2v) is 7.34. The van der Waals surface area contributed by atoms with Crippen LogP contribution >= 0.6 is 11.3 Å². The Kier molecular flexibility index (Phi) is 3.45. The van der Waals surface area contributed by atoms with Gasteiger partial charge in [0.05, 0.1) is 17.1 Å². The minimum atomic E-state index is 0.0509. The van der Waals surface area contributed by atoms with Crippen LogP contribution in [0.3, 0.4) is 0 Å². The summed E-state index contributed by atoms with van der Waals surface area (Å²) in [7, 11) is 0. The van der Waals surface area contributed by atoms with E-state index in [-0.39, 0.29) is 5.91 Å². The molecule has 118 valence electrons. The van der Waals surface area contributed by atoms with Gasteiger partial charge in [0.1, 0.15) is 4.83 Å². The molecule has 1 aromatic carbocycles. The van der Waals surface area contributed by atoms with E-state index in [2.05, 4.69) is 41.6 Å². The number of amides is 1. The number of hydrogen-bond donors (Lipinski definition) is 1. The maximum Gasteiger partial charge on any atom is 0.261 e. The Bertz CT molecular complexity index is 872. The molecule has 1 fully saturated rings. The van der Waals surface area contributed by atoms with Crippen LogP contribution in [0.5, 0.6) is 0 Å². The van der Waals surface area contributed by atoms with Crippen molar-refractivity contribution in [3.63, 3.8) is 0 Å². The summed E-state index contributed by atoms with van der Waals surface area (Å²) in [5.41, 5.74) is 3.46. The summed E-state index contributed by atoms with van der Waals surface area (Å²) in [6.45, 7) is 4.82. The first-order chi connectivity index (χ1) is 11.1. The Morgan fingerprint density at radius 1 is 1.30 bits per heavy atom. The highest BCUT2D eigenvalue weighted by Crippen LogP contribution is 2.29. The van der Waals surface area contributed by atoms with E-state index in [0.717, 1.165) is 40.2 Å². The average Bonchev–Trinajstić information content (AvgIpc) is 3.14. The van der Waals surface area contributed by atoms with Gasteiger partial charge in [0.15, 0.2) is 0 Å². The maximum atomic E-state index is 12.3. The molecule has 3 aromatic rings. The van der Waals surface area contributed by atoms with Crippen LogP contribution in [0.15, 0.2) is 30.3 Å². The summed E-state index contributed by atoms with van der Waals surface area (Å²) in [6.07, 6.45) is 2.22. The quantitative estimate of drug-likeness (QED) is 0.796. The molecule has 0 bridgehead atoms. The average molecular weight is 325 g/mol. The van der Waals surface area contributed by atoms with Crippen LogP contribution in [0, 0.1) is 13.8 Å². The maximum absolute atomic E-state index is 12.3. The van der Waals surface area contributed by atoms with Crippen molar-refractivity contribution in [3.8, 4) is 0 Å². The molecule has 0 unspecified atom stereocenters. The minimum Gasteiger partial charge on any atom is -0.349 e. The highest BCUT2D eigenvalue weighted by atomic mass is 32.1. The zero-order chi connectivity index (χ0) is 16.0. The van der Waals surface area contributed by atoms with Crippen LogP contribution in [-0.2, 0) is 6.54 Å². The summed E-state index contributed by atoms with van der Waals surface area (Å²) in [5, 5.41) is 8.78. The first kappa shape index (κ1) is 14.5. The zero-order valence-corrected chi connectivity index (χ0v) is 14.1. The molecule has 1 N–H and O–H groups in total. The van der Waals surface area contributed by atoms with Gasteiger partial charge in [0, 0.05) is 11.4 Å². The van der Waals surface area contributed by atoms with Crippen molar-refractivity contribution in [1.82, 2.24) is 15.1 Å². The highest BCUT2D eigenvalue weighted by molar-refractivity contribution is 7.20. The number of carbonyl (C=O) groups excluding carboxylic acids is 1. The van der Waals surface area contributed by atoms with Gasteiger partial charge in [-0.3, -0.25) is 9.48 Å². The van der Waals surface area contributed by atoms with Gasteiger partial charge in [-0.1, -0.05) is 29.8 Å². The molecule has 0 saturated heterocycles. The van der Waals surface area contributed by atoms with Gasteiger partial charge >= 0.3 is 0 Å². The number of fused-ring (bicyclic) bond motifs is 1. The molecule has 4 nitrogen and oxygen atoms in total. The number of thiophene rings is 1. The van der Waals surface area contributed by atoms with Gasteiger partial charge in [-0.05, 0) is 38.3 Å². The van der Waals surface area contributed by atoms with Crippen molar-refractivity contribution in [3.05, 3.63) is 52.0 Å². The van der Waals surface area contributed by atoms with Crippen molar-refractivity contribution in [2.45, 2.75) is 39.3 Å². The van der Waals surface area contributed by atoms with Gasteiger partial charge in [-0.25, -0.2) is 0 Å². The third kappa shape index (κ3) is 2.88. The van der Waals surface area contributed by atoms with E-state index < -0.39 is 0 Å². The van der Waals surface area contributed by atoms with Crippen LogP contribution in [-0.4, -0.2) is 21.7 Å². The third-order valence-electron chi connectivity index (χ3n) is 4.20. The fourth-order valence-corrected chi connectivity index (χ4v) is 3.75. The van der Waals surface area contributed by atoms with E-state index in [4.69, 9.17) is 0 Å².